The quantitative estimate of drug-likeness (QED) is 0.171. The summed E-state index contributed by atoms with van der Waals surface area (Å²) in [6.07, 6.45) is 0. The monoisotopic (exact) mass is 717 g/mol. The smallest absolute Gasteiger partial charge is 0.164 e. The third-order valence-corrected chi connectivity index (χ3v) is 10.6. The van der Waals surface area contributed by atoms with Crippen molar-refractivity contribution in [3.63, 3.8) is 0 Å². The second-order valence-electron chi connectivity index (χ2n) is 14.0. The summed E-state index contributed by atoms with van der Waals surface area (Å²) in [5.74, 6) is 1.86. The summed E-state index contributed by atoms with van der Waals surface area (Å²) in [6, 6.07) is 64.5. The predicted octanol–water partition coefficient (Wildman–Crippen LogP) is 13.7. The van der Waals surface area contributed by atoms with E-state index in [9.17, 15) is 0 Å². The largest absolute Gasteiger partial charge is 0.456 e. The molecule has 0 N–H and O–H groups in total. The second kappa shape index (κ2) is 13.0. The first-order chi connectivity index (χ1) is 27.7. The topological polar surface area (TPSA) is 65.0 Å². The molecule has 262 valence electrons. The van der Waals surface area contributed by atoms with Gasteiger partial charge in [-0.3, -0.25) is 0 Å². The minimum Gasteiger partial charge on any atom is -0.456 e. The van der Waals surface area contributed by atoms with Crippen molar-refractivity contribution < 1.29 is 8.83 Å². The van der Waals surface area contributed by atoms with Crippen LogP contribution in [-0.2, 0) is 0 Å². The molecule has 0 amide bonds. The normalized spacial score (nSPS) is 11.6. The van der Waals surface area contributed by atoms with Crippen LogP contribution in [0.25, 0.3) is 111 Å². The van der Waals surface area contributed by atoms with Crippen LogP contribution in [0.1, 0.15) is 0 Å². The SMILES string of the molecule is c1ccc(-c2cccc(-c3nc(-c4ccccc4)nc(-c4ccc(-c5ccc(-c6ccc7c(c6)oc6ccccc67)c6oc7ccccc7c56)cc4)n3)c2)cc1. The molecule has 0 aliphatic carbocycles. The number of nitrogens with zero attached hydrogens (tertiary/aromatic N) is 3. The highest BCUT2D eigenvalue weighted by Gasteiger charge is 2.19. The van der Waals surface area contributed by atoms with Gasteiger partial charge in [0.15, 0.2) is 17.5 Å². The zero-order valence-corrected chi connectivity index (χ0v) is 30.1. The van der Waals surface area contributed by atoms with Crippen molar-refractivity contribution in [2.75, 3.05) is 0 Å². The van der Waals surface area contributed by atoms with E-state index in [-0.39, 0.29) is 0 Å². The maximum absolute atomic E-state index is 6.65. The Morgan fingerprint density at radius 2 is 0.804 bits per heavy atom. The number of hydrogen-bond acceptors (Lipinski definition) is 5. The number of hydrogen-bond donors (Lipinski definition) is 0. The minimum atomic E-state index is 0.612. The fraction of sp³-hybridized carbons (Fsp3) is 0. The molecule has 0 aliphatic heterocycles. The number of para-hydroxylation sites is 2. The first-order valence-corrected chi connectivity index (χ1v) is 18.7. The van der Waals surface area contributed by atoms with E-state index in [1.807, 2.05) is 66.7 Å². The van der Waals surface area contributed by atoms with E-state index in [4.69, 9.17) is 23.8 Å². The van der Waals surface area contributed by atoms with Gasteiger partial charge < -0.3 is 8.83 Å². The van der Waals surface area contributed by atoms with Crippen LogP contribution < -0.4 is 0 Å². The lowest BCUT2D eigenvalue weighted by atomic mass is 9.94. The lowest BCUT2D eigenvalue weighted by Gasteiger charge is -2.11. The number of rotatable bonds is 6. The third kappa shape index (κ3) is 5.45. The Hall–Kier alpha value is -7.63. The summed E-state index contributed by atoms with van der Waals surface area (Å²) in [5, 5.41) is 4.36. The number of fused-ring (bicyclic) bond motifs is 6. The van der Waals surface area contributed by atoms with Crippen molar-refractivity contribution >= 4 is 43.9 Å². The Balaban J connectivity index is 1.02. The minimum absolute atomic E-state index is 0.612. The zero-order chi connectivity index (χ0) is 37.0. The van der Waals surface area contributed by atoms with Crippen LogP contribution in [0, 0.1) is 0 Å². The molecule has 5 nitrogen and oxygen atoms in total. The van der Waals surface area contributed by atoms with Crippen LogP contribution >= 0.6 is 0 Å². The molecule has 0 spiro atoms. The van der Waals surface area contributed by atoms with Crippen LogP contribution in [0.4, 0.5) is 0 Å². The highest BCUT2D eigenvalue weighted by Crippen LogP contribution is 2.43. The van der Waals surface area contributed by atoms with E-state index in [1.165, 1.54) is 0 Å². The van der Waals surface area contributed by atoms with Gasteiger partial charge in [0.2, 0.25) is 0 Å². The molecule has 11 rings (SSSR count). The average molecular weight is 718 g/mol. The maximum Gasteiger partial charge on any atom is 0.164 e. The molecule has 0 radical (unpaired) electrons. The van der Waals surface area contributed by atoms with Gasteiger partial charge >= 0.3 is 0 Å². The predicted molar refractivity (Wildman–Crippen MR) is 227 cm³/mol. The van der Waals surface area contributed by atoms with E-state index in [1.54, 1.807) is 0 Å². The molecular weight excluding hydrogens is 687 g/mol. The van der Waals surface area contributed by atoms with Crippen LogP contribution in [-0.4, -0.2) is 15.0 Å². The van der Waals surface area contributed by atoms with Gasteiger partial charge in [-0.05, 0) is 64.2 Å². The van der Waals surface area contributed by atoms with E-state index >= 15 is 0 Å². The van der Waals surface area contributed by atoms with E-state index in [0.717, 1.165) is 93.9 Å². The van der Waals surface area contributed by atoms with Crippen molar-refractivity contribution in [3.8, 4) is 67.5 Å². The highest BCUT2D eigenvalue weighted by molar-refractivity contribution is 6.17. The molecule has 8 aromatic carbocycles. The molecule has 5 heteroatoms. The summed E-state index contributed by atoms with van der Waals surface area (Å²) in [4.78, 5) is 15.0. The van der Waals surface area contributed by atoms with Gasteiger partial charge in [0.1, 0.15) is 22.3 Å². The molecule has 0 fully saturated rings. The number of aromatic nitrogens is 3. The highest BCUT2D eigenvalue weighted by atomic mass is 16.3. The fourth-order valence-corrected chi connectivity index (χ4v) is 7.81. The number of furan rings is 2. The Morgan fingerprint density at radius 1 is 0.286 bits per heavy atom. The van der Waals surface area contributed by atoms with Gasteiger partial charge in [0, 0.05) is 43.8 Å². The van der Waals surface area contributed by atoms with Crippen molar-refractivity contribution in [3.05, 3.63) is 188 Å². The third-order valence-electron chi connectivity index (χ3n) is 10.6. The summed E-state index contributed by atoms with van der Waals surface area (Å²) in [6.45, 7) is 0. The summed E-state index contributed by atoms with van der Waals surface area (Å²) < 4.78 is 12.9. The Morgan fingerprint density at radius 3 is 1.55 bits per heavy atom. The van der Waals surface area contributed by atoms with Crippen LogP contribution in [0.3, 0.4) is 0 Å². The number of benzene rings is 8. The molecule has 0 atom stereocenters. The molecule has 0 saturated carbocycles. The molecule has 56 heavy (non-hydrogen) atoms. The van der Waals surface area contributed by atoms with E-state index in [0.29, 0.717) is 17.5 Å². The van der Waals surface area contributed by atoms with Gasteiger partial charge in [-0.25, -0.2) is 15.0 Å². The lowest BCUT2D eigenvalue weighted by molar-refractivity contribution is 0.668. The van der Waals surface area contributed by atoms with Crippen LogP contribution in [0.2, 0.25) is 0 Å². The Bertz CT molecular complexity index is 3240. The van der Waals surface area contributed by atoms with Gasteiger partial charge in [-0.1, -0.05) is 152 Å². The summed E-state index contributed by atoms with van der Waals surface area (Å²) in [5.41, 5.74) is 12.6. The van der Waals surface area contributed by atoms with E-state index < -0.39 is 0 Å². The standard InChI is InChI=1S/C51H31N3O2/c1-3-12-32(13-4-1)36-16-11-17-38(30-36)51-53-49(34-14-5-2-6-15-34)52-50(54-51)35-24-22-33(23-25-35)39-28-29-40(48-47(39)43-19-8-10-21-45(43)56-48)37-26-27-42-41-18-7-9-20-44(41)55-46(42)31-37/h1-31H. The molecular formula is C51H31N3O2. The second-order valence-corrected chi connectivity index (χ2v) is 14.0. The summed E-state index contributed by atoms with van der Waals surface area (Å²) in [7, 11) is 0. The average Bonchev–Trinajstić information content (AvgIpc) is 3.85. The Labute approximate surface area is 322 Å². The molecule has 11 aromatic rings. The first kappa shape index (κ1) is 31.9. The van der Waals surface area contributed by atoms with Crippen molar-refractivity contribution in [2.45, 2.75) is 0 Å². The Kier molecular flexibility index (Phi) is 7.42. The zero-order valence-electron chi connectivity index (χ0n) is 30.1. The molecule has 0 aliphatic rings. The fourth-order valence-electron chi connectivity index (χ4n) is 7.81. The molecule has 0 bridgehead atoms. The van der Waals surface area contributed by atoms with Crippen molar-refractivity contribution in [1.29, 1.82) is 0 Å². The molecule has 0 saturated heterocycles. The van der Waals surface area contributed by atoms with Gasteiger partial charge in [-0.2, -0.15) is 0 Å². The van der Waals surface area contributed by atoms with Crippen LogP contribution in [0.5, 0.6) is 0 Å². The molecule has 3 heterocycles. The van der Waals surface area contributed by atoms with Crippen LogP contribution in [0.15, 0.2) is 197 Å². The summed E-state index contributed by atoms with van der Waals surface area (Å²) >= 11 is 0. The lowest BCUT2D eigenvalue weighted by Crippen LogP contribution is -2.00. The molecule has 3 aromatic heterocycles. The maximum atomic E-state index is 6.65. The van der Waals surface area contributed by atoms with E-state index in [2.05, 4.69) is 121 Å². The van der Waals surface area contributed by atoms with Gasteiger partial charge in [0.05, 0.1) is 0 Å². The van der Waals surface area contributed by atoms with Gasteiger partial charge in [-0.15, -0.1) is 0 Å². The van der Waals surface area contributed by atoms with Gasteiger partial charge in [0.25, 0.3) is 0 Å². The first-order valence-electron chi connectivity index (χ1n) is 18.7. The van der Waals surface area contributed by atoms with Crippen molar-refractivity contribution in [1.82, 2.24) is 15.0 Å². The van der Waals surface area contributed by atoms with Crippen molar-refractivity contribution in [2.24, 2.45) is 0 Å². The molecule has 0 unspecified atom stereocenters.